The molecule has 4 atom stereocenters. The van der Waals surface area contributed by atoms with Crippen LogP contribution in [0.25, 0.3) is 0 Å². The van der Waals surface area contributed by atoms with Gasteiger partial charge in [-0.05, 0) is 119 Å². The van der Waals surface area contributed by atoms with Gasteiger partial charge in [-0.2, -0.15) is 0 Å². The summed E-state index contributed by atoms with van der Waals surface area (Å²) in [6.07, 6.45) is 10.1. The van der Waals surface area contributed by atoms with Crippen LogP contribution in [0.4, 0.5) is 4.39 Å². The SMILES string of the molecule is CC1=CC(CCCCN2CCN(C)CC2)Cc2nc(Cl)nc3c2CC1C(F)C1=C(C)CCc2ccccc2CCC13. The monoisotopic (exact) mass is 576 g/mol. The van der Waals surface area contributed by atoms with Crippen LogP contribution >= 0.6 is 11.6 Å². The van der Waals surface area contributed by atoms with Gasteiger partial charge >= 0.3 is 0 Å². The van der Waals surface area contributed by atoms with Crippen LogP contribution in [-0.4, -0.2) is 65.7 Å². The van der Waals surface area contributed by atoms with Gasteiger partial charge in [0.2, 0.25) is 5.28 Å². The maximum atomic E-state index is 17.0. The molecular formula is C35H46ClFN4. The van der Waals surface area contributed by atoms with Crippen molar-refractivity contribution in [2.75, 3.05) is 39.8 Å². The number of hydrogen-bond donors (Lipinski definition) is 0. The lowest BCUT2D eigenvalue weighted by atomic mass is 9.79. The number of likely N-dealkylation sites (N-methyl/N-ethyl adjacent to an activating group) is 1. The second kappa shape index (κ2) is 12.7. The van der Waals surface area contributed by atoms with Gasteiger partial charge in [-0.15, -0.1) is 0 Å². The Morgan fingerprint density at radius 2 is 1.71 bits per heavy atom. The lowest BCUT2D eigenvalue weighted by Gasteiger charge is -2.32. The number of fused-ring (bicyclic) bond motifs is 4. The number of allylic oxidation sites excluding steroid dienone is 4. The Bertz CT molecular complexity index is 1310. The molecule has 1 saturated heterocycles. The molecule has 0 saturated carbocycles. The number of alkyl halides is 1. The van der Waals surface area contributed by atoms with Crippen molar-refractivity contribution in [1.82, 2.24) is 19.8 Å². The smallest absolute Gasteiger partial charge is 0.222 e. The van der Waals surface area contributed by atoms with E-state index in [0.717, 1.165) is 55.5 Å². The predicted molar refractivity (Wildman–Crippen MR) is 166 cm³/mol. The third-order valence-electron chi connectivity index (χ3n) is 10.4. The van der Waals surface area contributed by atoms with Gasteiger partial charge < -0.3 is 9.80 Å². The van der Waals surface area contributed by atoms with Crippen LogP contribution in [0.15, 0.2) is 47.1 Å². The number of aromatic nitrogens is 2. The van der Waals surface area contributed by atoms with Gasteiger partial charge in [-0.3, -0.25) is 0 Å². The van der Waals surface area contributed by atoms with Gasteiger partial charge in [-0.1, -0.05) is 47.9 Å². The molecule has 1 aromatic carbocycles. The summed E-state index contributed by atoms with van der Waals surface area (Å²) >= 11 is 6.66. The average molecular weight is 577 g/mol. The third kappa shape index (κ3) is 6.33. The van der Waals surface area contributed by atoms with E-state index in [9.17, 15) is 0 Å². The maximum absolute atomic E-state index is 17.0. The van der Waals surface area contributed by atoms with Crippen molar-refractivity contribution in [3.8, 4) is 0 Å². The third-order valence-corrected chi connectivity index (χ3v) is 10.6. The predicted octanol–water partition coefficient (Wildman–Crippen LogP) is 7.16. The normalized spacial score (nSPS) is 27.4. The molecule has 41 heavy (non-hydrogen) atoms. The quantitative estimate of drug-likeness (QED) is 0.215. The second-order valence-electron chi connectivity index (χ2n) is 13.1. The van der Waals surface area contributed by atoms with E-state index in [0.29, 0.717) is 17.6 Å². The first-order valence-corrected chi connectivity index (χ1v) is 16.3. The van der Waals surface area contributed by atoms with E-state index in [4.69, 9.17) is 21.6 Å². The summed E-state index contributed by atoms with van der Waals surface area (Å²) in [6.45, 7) is 10.2. The van der Waals surface area contributed by atoms with Crippen LogP contribution in [0, 0.1) is 11.8 Å². The van der Waals surface area contributed by atoms with E-state index < -0.39 is 6.17 Å². The molecule has 4 nitrogen and oxygen atoms in total. The summed E-state index contributed by atoms with van der Waals surface area (Å²) in [7, 11) is 2.21. The van der Waals surface area contributed by atoms with E-state index in [-0.39, 0.29) is 11.8 Å². The summed E-state index contributed by atoms with van der Waals surface area (Å²) in [6, 6.07) is 8.75. The van der Waals surface area contributed by atoms with Crippen LogP contribution in [0.3, 0.4) is 0 Å². The molecule has 1 aromatic heterocycles. The molecule has 3 aliphatic carbocycles. The standard InChI is InChI=1S/C35H46ClFN4/c1-23-11-12-26-9-4-5-10-27(26)13-14-28-32(23)33(37)29-22-30-31(38-35(36)39-34(28)30)21-25(20-24(29)2)8-6-7-15-41-18-16-40(3)17-19-41/h4-5,9-10,20,25,28-29,33H,6-8,11-19,21-22H2,1-3H3. The van der Waals surface area contributed by atoms with E-state index in [1.807, 2.05) is 0 Å². The van der Waals surface area contributed by atoms with Crippen LogP contribution in [-0.2, 0) is 25.7 Å². The van der Waals surface area contributed by atoms with E-state index >= 15 is 4.39 Å². The fraction of sp³-hybridized carbons (Fsp3) is 0.600. The summed E-state index contributed by atoms with van der Waals surface area (Å²) in [5.74, 6) is 0.137. The van der Waals surface area contributed by atoms with Crippen molar-refractivity contribution in [3.63, 3.8) is 0 Å². The van der Waals surface area contributed by atoms with Crippen molar-refractivity contribution >= 4 is 11.6 Å². The molecule has 2 bridgehead atoms. The molecule has 1 fully saturated rings. The van der Waals surface area contributed by atoms with Crippen LogP contribution in [0.5, 0.6) is 0 Å². The molecule has 1 aliphatic heterocycles. The Hall–Kier alpha value is -2.08. The molecule has 2 heterocycles. The van der Waals surface area contributed by atoms with Gasteiger partial charge in [0.15, 0.2) is 0 Å². The molecule has 0 spiro atoms. The van der Waals surface area contributed by atoms with Gasteiger partial charge in [0, 0.05) is 43.7 Å². The lowest BCUT2D eigenvalue weighted by molar-refractivity contribution is 0.151. The number of halogens is 2. The molecular weight excluding hydrogens is 531 g/mol. The van der Waals surface area contributed by atoms with Crippen LogP contribution in [0.1, 0.15) is 79.9 Å². The minimum atomic E-state index is -1.01. The second-order valence-corrected chi connectivity index (χ2v) is 13.5. The van der Waals surface area contributed by atoms with Gasteiger partial charge in [0.05, 0.1) is 5.69 Å². The first-order valence-electron chi connectivity index (χ1n) is 15.9. The fourth-order valence-electron chi connectivity index (χ4n) is 7.91. The van der Waals surface area contributed by atoms with Crippen molar-refractivity contribution in [1.29, 1.82) is 0 Å². The number of benzene rings is 1. The van der Waals surface area contributed by atoms with Crippen LogP contribution in [0.2, 0.25) is 5.28 Å². The van der Waals surface area contributed by atoms with E-state index in [1.54, 1.807) is 0 Å². The van der Waals surface area contributed by atoms with Crippen molar-refractivity contribution < 1.29 is 4.39 Å². The molecule has 220 valence electrons. The highest BCUT2D eigenvalue weighted by atomic mass is 35.5. The van der Waals surface area contributed by atoms with Crippen molar-refractivity contribution in [2.45, 2.75) is 83.7 Å². The number of hydrogen-bond acceptors (Lipinski definition) is 4. The molecule has 0 N–H and O–H groups in total. The molecule has 4 unspecified atom stereocenters. The lowest BCUT2D eigenvalue weighted by Crippen LogP contribution is -2.44. The Morgan fingerprint density at radius 3 is 2.49 bits per heavy atom. The van der Waals surface area contributed by atoms with E-state index in [1.165, 1.54) is 73.4 Å². The highest BCUT2D eigenvalue weighted by Gasteiger charge is 2.41. The Balaban J connectivity index is 1.29. The molecule has 4 aliphatic rings. The summed E-state index contributed by atoms with van der Waals surface area (Å²) < 4.78 is 17.0. The van der Waals surface area contributed by atoms with Gasteiger partial charge in [0.25, 0.3) is 0 Å². The first kappa shape index (κ1) is 29.0. The molecule has 6 heteroatoms. The highest BCUT2D eigenvalue weighted by Crippen LogP contribution is 2.47. The molecule has 0 radical (unpaired) electrons. The Kier molecular flexibility index (Phi) is 8.95. The average Bonchev–Trinajstić information content (AvgIpc) is 3.02. The number of aryl methyl sites for hydroxylation is 2. The molecule has 6 rings (SSSR count). The Labute approximate surface area is 251 Å². The van der Waals surface area contributed by atoms with Gasteiger partial charge in [-0.25, -0.2) is 14.4 Å². The zero-order valence-electron chi connectivity index (χ0n) is 25.1. The highest BCUT2D eigenvalue weighted by molar-refractivity contribution is 6.28. The topological polar surface area (TPSA) is 32.3 Å². The van der Waals surface area contributed by atoms with Gasteiger partial charge in [0.1, 0.15) is 6.17 Å². The molecule has 0 amide bonds. The van der Waals surface area contributed by atoms with E-state index in [2.05, 4.69) is 61.0 Å². The van der Waals surface area contributed by atoms with Crippen molar-refractivity contribution in [3.05, 3.63) is 80.4 Å². The fourth-order valence-corrected chi connectivity index (χ4v) is 8.10. The number of nitrogens with zero attached hydrogens (tertiary/aromatic N) is 4. The number of piperazine rings is 1. The summed E-state index contributed by atoms with van der Waals surface area (Å²) in [5, 5.41) is 0.319. The molecule has 2 aromatic rings. The zero-order chi connectivity index (χ0) is 28.5. The largest absolute Gasteiger partial charge is 0.304 e. The Morgan fingerprint density at radius 1 is 0.951 bits per heavy atom. The van der Waals surface area contributed by atoms with Crippen molar-refractivity contribution in [2.24, 2.45) is 11.8 Å². The number of unbranched alkanes of at least 4 members (excludes halogenated alkanes) is 1. The number of rotatable bonds is 5. The summed E-state index contributed by atoms with van der Waals surface area (Å²) in [5.41, 5.74) is 9.39. The first-order chi connectivity index (χ1) is 19.9. The summed E-state index contributed by atoms with van der Waals surface area (Å²) in [4.78, 5) is 14.7. The maximum Gasteiger partial charge on any atom is 0.222 e. The minimum Gasteiger partial charge on any atom is -0.304 e. The zero-order valence-corrected chi connectivity index (χ0v) is 25.9. The van der Waals surface area contributed by atoms with Crippen LogP contribution < -0.4 is 0 Å². The minimum absolute atomic E-state index is 0.0525.